The minimum absolute atomic E-state index is 0.501. The molecule has 0 amide bonds. The molecule has 0 bridgehead atoms. The predicted molar refractivity (Wildman–Crippen MR) is 112 cm³/mol. The number of methoxy groups -OCH3 is 1. The lowest BCUT2D eigenvalue weighted by Crippen LogP contribution is -2.04. The zero-order valence-corrected chi connectivity index (χ0v) is 16.4. The molecule has 0 aliphatic carbocycles. The number of thioether (sulfide) groups is 1. The normalized spacial score (nSPS) is 12.3. The van der Waals surface area contributed by atoms with Crippen molar-refractivity contribution in [1.29, 1.82) is 0 Å². The maximum Gasteiger partial charge on any atom is 0.416 e. The number of hydrogen-bond donors (Lipinski definition) is 0. The molecule has 0 spiro atoms. The molecule has 0 aromatic heterocycles. The Hall–Kier alpha value is -2.99. The highest BCUT2D eigenvalue weighted by Gasteiger charge is 2.30. The third kappa shape index (κ3) is 5.99. The Labute approximate surface area is 171 Å². The first-order valence-electron chi connectivity index (χ1n) is 8.74. The van der Waals surface area contributed by atoms with Crippen LogP contribution in [0.5, 0.6) is 5.75 Å². The number of ether oxygens (including phenoxy) is 1. The van der Waals surface area contributed by atoms with Gasteiger partial charge < -0.3 is 4.74 Å². The average Bonchev–Trinajstić information content (AvgIpc) is 2.73. The van der Waals surface area contributed by atoms with Crippen molar-refractivity contribution in [1.82, 2.24) is 0 Å². The fourth-order valence-electron chi connectivity index (χ4n) is 2.54. The molecule has 148 valence electrons. The van der Waals surface area contributed by atoms with Gasteiger partial charge in [-0.2, -0.15) is 13.2 Å². The Morgan fingerprint density at radius 3 is 2.41 bits per heavy atom. The van der Waals surface area contributed by atoms with Gasteiger partial charge in [0.15, 0.2) is 0 Å². The minimum atomic E-state index is -4.36. The highest BCUT2D eigenvalue weighted by molar-refractivity contribution is 8.02. The van der Waals surface area contributed by atoms with E-state index in [4.69, 9.17) is 4.74 Å². The second-order valence-electron chi connectivity index (χ2n) is 6.01. The Morgan fingerprint density at radius 2 is 1.69 bits per heavy atom. The van der Waals surface area contributed by atoms with Crippen LogP contribution in [0.3, 0.4) is 0 Å². The van der Waals surface area contributed by atoms with Crippen LogP contribution in [-0.4, -0.2) is 12.8 Å². The van der Waals surface area contributed by atoms with E-state index >= 15 is 0 Å². The van der Waals surface area contributed by atoms with Gasteiger partial charge in [-0.3, -0.25) is 0 Å². The lowest BCUT2D eigenvalue weighted by Gasteiger charge is -2.07. The fraction of sp³-hybridized carbons (Fsp3) is 0.0870. The van der Waals surface area contributed by atoms with Crippen molar-refractivity contribution < 1.29 is 17.9 Å². The molecular weight excluding hydrogens is 395 g/mol. The van der Waals surface area contributed by atoms with Crippen LogP contribution in [0, 0.1) is 0 Å². The summed E-state index contributed by atoms with van der Waals surface area (Å²) in [6, 6.07) is 22.2. The second kappa shape index (κ2) is 9.47. The van der Waals surface area contributed by atoms with Crippen molar-refractivity contribution in [2.24, 2.45) is 4.99 Å². The Bertz CT molecular complexity index is 1010. The number of halogens is 3. The van der Waals surface area contributed by atoms with Crippen LogP contribution in [0.2, 0.25) is 0 Å². The van der Waals surface area contributed by atoms with E-state index in [-0.39, 0.29) is 0 Å². The first-order chi connectivity index (χ1) is 14.0. The molecule has 3 aromatic carbocycles. The number of para-hydroxylation sites is 1. The number of rotatable bonds is 6. The molecule has 0 heterocycles. The monoisotopic (exact) mass is 413 g/mol. The summed E-state index contributed by atoms with van der Waals surface area (Å²) in [5.41, 5.74) is 1.63. The van der Waals surface area contributed by atoms with E-state index in [1.807, 2.05) is 54.6 Å². The van der Waals surface area contributed by atoms with Gasteiger partial charge in [0, 0.05) is 10.5 Å². The van der Waals surface area contributed by atoms with Gasteiger partial charge in [0.2, 0.25) is 0 Å². The Morgan fingerprint density at radius 1 is 0.931 bits per heavy atom. The summed E-state index contributed by atoms with van der Waals surface area (Å²) < 4.78 is 44.0. The van der Waals surface area contributed by atoms with E-state index in [9.17, 15) is 13.2 Å². The molecule has 29 heavy (non-hydrogen) atoms. The van der Waals surface area contributed by atoms with Gasteiger partial charge in [0.25, 0.3) is 0 Å². The molecule has 0 atom stereocenters. The predicted octanol–water partition coefficient (Wildman–Crippen LogP) is 7.14. The quantitative estimate of drug-likeness (QED) is 0.316. The van der Waals surface area contributed by atoms with Crippen molar-refractivity contribution in [3.63, 3.8) is 0 Å². The highest BCUT2D eigenvalue weighted by Crippen LogP contribution is 2.32. The van der Waals surface area contributed by atoms with Gasteiger partial charge >= 0.3 is 6.18 Å². The van der Waals surface area contributed by atoms with Crippen molar-refractivity contribution in [3.8, 4) is 5.75 Å². The number of alkyl halides is 3. The van der Waals surface area contributed by atoms with Crippen molar-refractivity contribution in [2.45, 2.75) is 11.1 Å². The van der Waals surface area contributed by atoms with Crippen LogP contribution in [0.25, 0.3) is 0 Å². The molecule has 3 rings (SSSR count). The number of benzene rings is 3. The van der Waals surface area contributed by atoms with Crippen LogP contribution in [-0.2, 0) is 6.18 Å². The molecule has 0 aliphatic rings. The fourth-order valence-corrected chi connectivity index (χ4v) is 3.25. The van der Waals surface area contributed by atoms with E-state index in [0.717, 1.165) is 23.4 Å². The molecule has 0 unspecified atom stereocenters. The first kappa shape index (κ1) is 20.7. The molecule has 0 saturated carbocycles. The summed E-state index contributed by atoms with van der Waals surface area (Å²) in [6.45, 7) is 0. The van der Waals surface area contributed by atoms with Gasteiger partial charge in [-0.25, -0.2) is 4.99 Å². The van der Waals surface area contributed by atoms with Crippen LogP contribution >= 0.6 is 11.8 Å². The largest absolute Gasteiger partial charge is 0.497 e. The third-order valence-corrected chi connectivity index (χ3v) is 4.76. The van der Waals surface area contributed by atoms with Crippen LogP contribution in [0.1, 0.15) is 11.1 Å². The topological polar surface area (TPSA) is 21.6 Å². The lowest BCUT2D eigenvalue weighted by molar-refractivity contribution is -0.137. The van der Waals surface area contributed by atoms with Crippen LogP contribution < -0.4 is 4.74 Å². The molecule has 0 radical (unpaired) electrons. The second-order valence-corrected chi connectivity index (χ2v) is 6.99. The number of nitrogens with zero attached hydrogens (tertiary/aromatic N) is 1. The number of hydrogen-bond acceptors (Lipinski definition) is 3. The lowest BCUT2D eigenvalue weighted by atomic mass is 10.1. The summed E-state index contributed by atoms with van der Waals surface area (Å²) in [4.78, 5) is 5.17. The molecule has 0 fully saturated rings. The first-order valence-corrected chi connectivity index (χ1v) is 9.62. The summed E-state index contributed by atoms with van der Waals surface area (Å²) in [6.07, 6.45) is -2.58. The molecule has 0 N–H and O–H groups in total. The molecule has 0 saturated heterocycles. The van der Waals surface area contributed by atoms with E-state index in [0.29, 0.717) is 16.4 Å². The van der Waals surface area contributed by atoms with Gasteiger partial charge in [-0.15, -0.1) is 0 Å². The smallest absolute Gasteiger partial charge is 0.416 e. The van der Waals surface area contributed by atoms with Crippen molar-refractivity contribution in [3.05, 3.63) is 101 Å². The van der Waals surface area contributed by atoms with E-state index in [2.05, 4.69) is 4.99 Å². The number of allylic oxidation sites excluding steroid dienone is 1. The van der Waals surface area contributed by atoms with Gasteiger partial charge in [0.1, 0.15) is 5.75 Å². The molecule has 6 heteroatoms. The SMILES string of the molecule is COc1cccc(C(C=CSc2cccc(C(F)(F)F)c2)=Nc2ccccc2)c1. The molecular formula is C23H18F3NOS. The number of aliphatic imine (C=N–C) groups is 1. The van der Waals surface area contributed by atoms with E-state index in [1.54, 1.807) is 24.7 Å². The van der Waals surface area contributed by atoms with Gasteiger partial charge in [-0.1, -0.05) is 48.2 Å². The van der Waals surface area contributed by atoms with E-state index < -0.39 is 11.7 Å². The molecule has 0 aliphatic heterocycles. The summed E-state index contributed by atoms with van der Waals surface area (Å²) >= 11 is 1.20. The zero-order valence-electron chi connectivity index (χ0n) is 15.6. The van der Waals surface area contributed by atoms with E-state index in [1.165, 1.54) is 17.8 Å². The van der Waals surface area contributed by atoms with Crippen LogP contribution in [0.15, 0.2) is 100 Å². The Balaban J connectivity index is 1.88. The van der Waals surface area contributed by atoms with Crippen LogP contribution in [0.4, 0.5) is 18.9 Å². The minimum Gasteiger partial charge on any atom is -0.497 e. The summed E-state index contributed by atoms with van der Waals surface area (Å²) in [5, 5.41) is 1.73. The molecule has 3 aromatic rings. The zero-order chi connectivity index (χ0) is 20.7. The third-order valence-electron chi connectivity index (χ3n) is 3.96. The molecule has 2 nitrogen and oxygen atoms in total. The maximum absolute atomic E-state index is 12.9. The summed E-state index contributed by atoms with van der Waals surface area (Å²) in [5.74, 6) is 0.696. The van der Waals surface area contributed by atoms with Crippen molar-refractivity contribution >= 4 is 23.2 Å². The Kier molecular flexibility index (Phi) is 6.77. The van der Waals surface area contributed by atoms with Gasteiger partial charge in [-0.05, 0) is 53.9 Å². The summed E-state index contributed by atoms with van der Waals surface area (Å²) in [7, 11) is 1.59. The highest BCUT2D eigenvalue weighted by atomic mass is 32.2. The average molecular weight is 413 g/mol. The van der Waals surface area contributed by atoms with Gasteiger partial charge in [0.05, 0.1) is 24.1 Å². The maximum atomic E-state index is 12.9. The standard InChI is InChI=1S/C23H18F3NOS/c1-28-20-11-5-7-17(15-20)22(27-19-9-3-2-4-10-19)13-14-29-21-12-6-8-18(16-21)23(24,25)26/h2-16H,1H3. The van der Waals surface area contributed by atoms with Crippen molar-refractivity contribution in [2.75, 3.05) is 7.11 Å².